The number of aromatic amines is 1. The average Bonchev–Trinajstić information content (AvgIpc) is 3.26. The number of carbonyl (C=O) groups is 2. The number of ether oxygens (including phenoxy) is 1. The summed E-state index contributed by atoms with van der Waals surface area (Å²) in [6.45, 7) is 1.98. The largest absolute Gasteiger partial charge is 0.468 e. The van der Waals surface area contributed by atoms with Crippen LogP contribution in [0.15, 0.2) is 71.2 Å². The van der Waals surface area contributed by atoms with Gasteiger partial charge in [-0.3, -0.25) is 19.5 Å². The van der Waals surface area contributed by atoms with Crippen LogP contribution in [-0.2, 0) is 27.2 Å². The normalized spacial score (nSPS) is 19.7. The topological polar surface area (TPSA) is 94.0 Å². The molecular weight excluding hydrogens is 454 g/mol. The van der Waals surface area contributed by atoms with Gasteiger partial charge in [0.25, 0.3) is 5.56 Å². The molecule has 2 unspecified atom stereocenters. The molecule has 2 aromatic heterocycles. The molecule has 7 nitrogen and oxygen atoms in total. The van der Waals surface area contributed by atoms with Gasteiger partial charge in [0.1, 0.15) is 5.92 Å². The summed E-state index contributed by atoms with van der Waals surface area (Å²) in [5.74, 6) is -0.0405. The molecule has 184 valence electrons. The Morgan fingerprint density at radius 1 is 1.11 bits per heavy atom. The van der Waals surface area contributed by atoms with Crippen LogP contribution in [-0.4, -0.2) is 33.6 Å². The highest BCUT2D eigenvalue weighted by molar-refractivity contribution is 6.09. The quantitative estimate of drug-likeness (QED) is 0.434. The lowest BCUT2D eigenvalue weighted by atomic mass is 9.74. The van der Waals surface area contributed by atoms with Gasteiger partial charge in [0.15, 0.2) is 11.6 Å². The Bertz CT molecular complexity index is 1430. The van der Waals surface area contributed by atoms with E-state index in [1.807, 2.05) is 43.3 Å². The Hall–Kier alpha value is -4.00. The Balaban J connectivity index is 0.000000157. The van der Waals surface area contributed by atoms with Gasteiger partial charge >= 0.3 is 5.97 Å². The van der Waals surface area contributed by atoms with Crippen molar-refractivity contribution in [1.82, 2.24) is 14.8 Å². The Morgan fingerprint density at radius 2 is 1.94 bits per heavy atom. The second-order valence-electron chi connectivity index (χ2n) is 9.46. The molecule has 3 aliphatic rings. The first kappa shape index (κ1) is 23.7. The predicted molar refractivity (Wildman–Crippen MR) is 137 cm³/mol. The van der Waals surface area contributed by atoms with Gasteiger partial charge in [-0.2, -0.15) is 0 Å². The zero-order chi connectivity index (χ0) is 25.2. The van der Waals surface area contributed by atoms with Crippen LogP contribution in [0.1, 0.15) is 36.0 Å². The molecule has 0 bridgehead atoms. The third-order valence-electron chi connectivity index (χ3n) is 7.21. The molecule has 0 amide bonds. The molecule has 1 N–H and O–H groups in total. The number of carbonyl (C=O) groups excluding carboxylic acids is 2. The van der Waals surface area contributed by atoms with E-state index >= 15 is 0 Å². The van der Waals surface area contributed by atoms with Crippen LogP contribution in [0.4, 0.5) is 0 Å². The number of aromatic nitrogens is 3. The molecule has 36 heavy (non-hydrogen) atoms. The van der Waals surface area contributed by atoms with E-state index in [4.69, 9.17) is 0 Å². The molecule has 1 fully saturated rings. The van der Waals surface area contributed by atoms with Gasteiger partial charge in [-0.15, -0.1) is 0 Å². The molecule has 1 aromatic carbocycles. The molecule has 0 saturated heterocycles. The highest BCUT2D eigenvalue weighted by Gasteiger charge is 2.37. The second-order valence-corrected chi connectivity index (χ2v) is 9.46. The number of allylic oxidation sites excluding steroid dienone is 4. The number of rotatable bonds is 2. The van der Waals surface area contributed by atoms with Crippen molar-refractivity contribution in [1.29, 1.82) is 0 Å². The van der Waals surface area contributed by atoms with E-state index < -0.39 is 11.9 Å². The van der Waals surface area contributed by atoms with E-state index in [-0.39, 0.29) is 11.3 Å². The van der Waals surface area contributed by atoms with Crippen molar-refractivity contribution in [2.45, 2.75) is 39.0 Å². The molecule has 3 aromatic rings. The van der Waals surface area contributed by atoms with Gasteiger partial charge in [0, 0.05) is 17.3 Å². The molecule has 6 rings (SSSR count). The van der Waals surface area contributed by atoms with Crippen molar-refractivity contribution in [3.05, 3.63) is 93.4 Å². The summed E-state index contributed by atoms with van der Waals surface area (Å²) in [5.41, 5.74) is 6.10. The standard InChI is InChI=1S/C17H15N3O.C12H14O3/c1-11-6-9-15(18-10-11)20-17(21)14-8-7-12-4-2-3-5-13(12)16(14)19-20;1-15-12(14)10-7-6-8-4-2-3-5-9(8)11(10)13/h2-6,9-10,19H,7-8H2,1H3;2-3,5,8,10H,4,6-7H2,1H3. The first-order valence-electron chi connectivity index (χ1n) is 12.3. The minimum absolute atomic E-state index is 0.0101. The average molecular weight is 484 g/mol. The first-order chi connectivity index (χ1) is 17.5. The summed E-state index contributed by atoms with van der Waals surface area (Å²) < 4.78 is 6.18. The fourth-order valence-electron chi connectivity index (χ4n) is 5.22. The van der Waals surface area contributed by atoms with E-state index in [1.54, 1.807) is 10.9 Å². The highest BCUT2D eigenvalue weighted by atomic mass is 16.5. The fourth-order valence-corrected chi connectivity index (χ4v) is 5.22. The molecule has 3 aliphatic carbocycles. The van der Waals surface area contributed by atoms with Crippen molar-refractivity contribution in [3.8, 4) is 17.1 Å². The first-order valence-corrected chi connectivity index (χ1v) is 12.3. The smallest absolute Gasteiger partial charge is 0.316 e. The van der Waals surface area contributed by atoms with E-state index in [0.717, 1.165) is 53.6 Å². The van der Waals surface area contributed by atoms with Crippen LogP contribution >= 0.6 is 0 Å². The van der Waals surface area contributed by atoms with Gasteiger partial charge in [-0.25, -0.2) is 9.67 Å². The summed E-state index contributed by atoms with van der Waals surface area (Å²) in [4.78, 5) is 40.3. The van der Waals surface area contributed by atoms with E-state index in [2.05, 4.69) is 33.0 Å². The number of nitrogens with zero attached hydrogens (tertiary/aromatic N) is 2. The molecule has 2 atom stereocenters. The Morgan fingerprint density at radius 3 is 2.72 bits per heavy atom. The second kappa shape index (κ2) is 9.93. The summed E-state index contributed by atoms with van der Waals surface area (Å²) in [6.07, 6.45) is 11.7. The third-order valence-corrected chi connectivity index (χ3v) is 7.21. The lowest BCUT2D eigenvalue weighted by Gasteiger charge is -2.29. The Kier molecular flexibility index (Phi) is 6.55. The van der Waals surface area contributed by atoms with Gasteiger partial charge in [-0.05, 0) is 67.7 Å². The van der Waals surface area contributed by atoms with E-state index in [1.165, 1.54) is 12.7 Å². The summed E-state index contributed by atoms with van der Waals surface area (Å²) in [7, 11) is 1.33. The van der Waals surface area contributed by atoms with Crippen LogP contribution in [0, 0.1) is 18.8 Å². The number of nitrogens with one attached hydrogen (secondary N) is 1. The van der Waals surface area contributed by atoms with Crippen molar-refractivity contribution in [3.63, 3.8) is 0 Å². The number of pyridine rings is 1. The number of methoxy groups -OCH3 is 1. The van der Waals surface area contributed by atoms with Crippen LogP contribution in [0.2, 0.25) is 0 Å². The summed E-state index contributed by atoms with van der Waals surface area (Å²) in [6, 6.07) is 12.1. The number of Topliss-reactive ketones (excluding diaryl/α,β-unsaturated/α-hetero) is 1. The number of hydrogen-bond acceptors (Lipinski definition) is 5. The molecule has 1 saturated carbocycles. The van der Waals surface area contributed by atoms with Gasteiger partial charge in [0.2, 0.25) is 0 Å². The molecule has 2 heterocycles. The number of H-pyrrole nitrogens is 1. The van der Waals surface area contributed by atoms with Gasteiger partial charge in [0.05, 0.1) is 12.8 Å². The maximum atomic E-state index is 12.6. The maximum Gasteiger partial charge on any atom is 0.316 e. The van der Waals surface area contributed by atoms with Gasteiger partial charge in [-0.1, -0.05) is 48.6 Å². The van der Waals surface area contributed by atoms with Crippen molar-refractivity contribution < 1.29 is 14.3 Å². The number of fused-ring (bicyclic) bond motifs is 4. The molecular formula is C29H29N3O4. The van der Waals surface area contributed by atoms with Crippen molar-refractivity contribution >= 4 is 11.8 Å². The van der Waals surface area contributed by atoms with E-state index in [0.29, 0.717) is 18.2 Å². The number of esters is 1. The molecule has 7 heteroatoms. The van der Waals surface area contributed by atoms with Crippen LogP contribution in [0.25, 0.3) is 17.1 Å². The van der Waals surface area contributed by atoms with E-state index in [9.17, 15) is 14.4 Å². The van der Waals surface area contributed by atoms with Crippen LogP contribution in [0.5, 0.6) is 0 Å². The van der Waals surface area contributed by atoms with Crippen molar-refractivity contribution in [2.75, 3.05) is 7.11 Å². The van der Waals surface area contributed by atoms with Crippen molar-refractivity contribution in [2.24, 2.45) is 11.8 Å². The minimum Gasteiger partial charge on any atom is -0.468 e. The third kappa shape index (κ3) is 4.37. The van der Waals surface area contributed by atoms with Crippen LogP contribution < -0.4 is 5.56 Å². The lowest BCUT2D eigenvalue weighted by molar-refractivity contribution is -0.149. The SMILES string of the molecule is COC(=O)C1CCC2CC=CC=C2C1=O.Cc1ccc(-n2[nH]c3c(c2=O)CCc2ccccc2-3)nc1. The van der Waals surface area contributed by atoms with Gasteiger partial charge < -0.3 is 4.74 Å². The number of hydrogen-bond donors (Lipinski definition) is 1. The number of benzene rings is 1. The predicted octanol–water partition coefficient (Wildman–Crippen LogP) is 4.28. The zero-order valence-electron chi connectivity index (χ0n) is 20.5. The Labute approximate surface area is 209 Å². The molecule has 0 spiro atoms. The summed E-state index contributed by atoms with van der Waals surface area (Å²) >= 11 is 0. The highest BCUT2D eigenvalue weighted by Crippen LogP contribution is 2.35. The lowest BCUT2D eigenvalue weighted by Crippen LogP contribution is -2.34. The summed E-state index contributed by atoms with van der Waals surface area (Å²) in [5, 5.41) is 3.24. The monoisotopic (exact) mass is 483 g/mol. The molecule has 0 radical (unpaired) electrons. The van der Waals surface area contributed by atoms with Crippen LogP contribution in [0.3, 0.4) is 0 Å². The number of ketones is 1. The number of aryl methyl sites for hydroxylation is 2. The molecule has 0 aliphatic heterocycles. The maximum absolute atomic E-state index is 12.6. The zero-order valence-corrected chi connectivity index (χ0v) is 20.5. The fraction of sp³-hybridized carbons (Fsp3) is 0.310. The minimum atomic E-state index is -0.566.